The Morgan fingerprint density at radius 3 is 2.52 bits per heavy atom. The van der Waals surface area contributed by atoms with Crippen molar-refractivity contribution in [1.82, 2.24) is 4.57 Å². The average molecular weight is 363 g/mol. The zero-order valence-corrected chi connectivity index (χ0v) is 15.2. The number of nitrogens with zero attached hydrogens (tertiary/aromatic N) is 2. The lowest BCUT2D eigenvalue weighted by molar-refractivity contribution is 0.185. The number of benzene rings is 2. The van der Waals surface area contributed by atoms with Crippen molar-refractivity contribution in [3.8, 4) is 5.75 Å². The summed E-state index contributed by atoms with van der Waals surface area (Å²) in [6.07, 6.45) is -0.872. The van der Waals surface area contributed by atoms with Crippen LogP contribution in [0.3, 0.4) is 0 Å². The molecule has 0 amide bonds. The summed E-state index contributed by atoms with van der Waals surface area (Å²) in [4.78, 5) is 12.0. The molecule has 27 heavy (non-hydrogen) atoms. The van der Waals surface area contributed by atoms with Gasteiger partial charge in [-0.2, -0.15) is 0 Å². The Bertz CT molecular complexity index is 1010. The van der Waals surface area contributed by atoms with Gasteiger partial charge in [-0.25, -0.2) is 0 Å². The minimum Gasteiger partial charge on any atom is -0.489 e. The van der Waals surface area contributed by atoms with Crippen LogP contribution in [0.4, 0.5) is 11.4 Å². The second-order valence-electron chi connectivity index (χ2n) is 6.58. The summed E-state index contributed by atoms with van der Waals surface area (Å²) in [5.41, 5.74) is 6.96. The van der Waals surface area contributed by atoms with E-state index in [1.165, 1.54) is 10.6 Å². The highest BCUT2D eigenvalue weighted by Gasteiger charge is 2.31. The lowest BCUT2D eigenvalue weighted by Gasteiger charge is -2.23. The number of aliphatic hydroxyl groups is 1. The number of nitrogens with one attached hydrogen (secondary N) is 1. The Labute approximate surface area is 157 Å². The third-order valence-electron chi connectivity index (χ3n) is 4.89. The van der Waals surface area contributed by atoms with Crippen LogP contribution in [0.2, 0.25) is 0 Å². The molecule has 0 bridgehead atoms. The van der Waals surface area contributed by atoms with Gasteiger partial charge >= 0.3 is 0 Å². The third kappa shape index (κ3) is 3.15. The van der Waals surface area contributed by atoms with Gasteiger partial charge in [-0.05, 0) is 36.8 Å². The molecule has 1 aromatic heterocycles. The molecule has 138 valence electrons. The fourth-order valence-electron chi connectivity index (χ4n) is 3.23. The van der Waals surface area contributed by atoms with Crippen molar-refractivity contribution in [1.29, 1.82) is 0 Å². The van der Waals surface area contributed by atoms with E-state index >= 15 is 0 Å². The van der Waals surface area contributed by atoms with Gasteiger partial charge in [0.1, 0.15) is 12.4 Å². The van der Waals surface area contributed by atoms with Crippen LogP contribution in [-0.4, -0.2) is 9.67 Å². The molecule has 6 nitrogen and oxygen atoms in total. The second kappa shape index (κ2) is 6.81. The Morgan fingerprint density at radius 1 is 1.11 bits per heavy atom. The van der Waals surface area contributed by atoms with E-state index in [4.69, 9.17) is 4.74 Å². The summed E-state index contributed by atoms with van der Waals surface area (Å²) in [6.45, 7) is 2.33. The molecule has 0 radical (unpaired) electrons. The van der Waals surface area contributed by atoms with E-state index in [-0.39, 0.29) is 5.56 Å². The van der Waals surface area contributed by atoms with Crippen LogP contribution >= 0.6 is 0 Å². The largest absolute Gasteiger partial charge is 0.489 e. The number of rotatable bonds is 4. The molecular formula is C21H21N3O3. The minimum absolute atomic E-state index is 0.113. The van der Waals surface area contributed by atoms with Crippen LogP contribution in [0.15, 0.2) is 65.5 Å². The van der Waals surface area contributed by atoms with Gasteiger partial charge < -0.3 is 14.4 Å². The van der Waals surface area contributed by atoms with Crippen molar-refractivity contribution in [3.05, 3.63) is 87.8 Å². The molecule has 2 aromatic carbocycles. The van der Waals surface area contributed by atoms with E-state index in [0.29, 0.717) is 17.9 Å². The van der Waals surface area contributed by atoms with Crippen molar-refractivity contribution in [2.75, 3.05) is 10.4 Å². The Hall–Kier alpha value is -3.25. The Balaban J connectivity index is 1.51. The molecule has 0 saturated heterocycles. The predicted octanol–water partition coefficient (Wildman–Crippen LogP) is 3.11. The zero-order chi connectivity index (χ0) is 19.0. The molecule has 4 rings (SSSR count). The van der Waals surface area contributed by atoms with E-state index in [1.807, 2.05) is 61.5 Å². The first-order chi connectivity index (χ1) is 13.0. The summed E-state index contributed by atoms with van der Waals surface area (Å²) < 4.78 is 7.34. The van der Waals surface area contributed by atoms with Crippen LogP contribution < -0.4 is 20.7 Å². The minimum atomic E-state index is -0.872. The number of hydrazine groups is 1. The van der Waals surface area contributed by atoms with Crippen molar-refractivity contribution >= 4 is 11.4 Å². The highest BCUT2D eigenvalue weighted by molar-refractivity contribution is 5.67. The summed E-state index contributed by atoms with van der Waals surface area (Å²) in [7, 11) is 1.70. The SMILES string of the molecule is Cc1c2c(cc(=O)n1C)NN(c1ccc(OCc3ccccc3)cc1)C2O. The first kappa shape index (κ1) is 17.2. The van der Waals surface area contributed by atoms with Crippen molar-refractivity contribution in [3.63, 3.8) is 0 Å². The van der Waals surface area contributed by atoms with Gasteiger partial charge in [-0.3, -0.25) is 15.2 Å². The summed E-state index contributed by atoms with van der Waals surface area (Å²) in [5.74, 6) is 0.748. The van der Waals surface area contributed by atoms with Crippen LogP contribution in [0.25, 0.3) is 0 Å². The topological polar surface area (TPSA) is 66.7 Å². The van der Waals surface area contributed by atoms with Crippen LogP contribution in [0, 0.1) is 6.92 Å². The van der Waals surface area contributed by atoms with Crippen LogP contribution in [-0.2, 0) is 13.7 Å². The van der Waals surface area contributed by atoms with E-state index in [9.17, 15) is 9.90 Å². The summed E-state index contributed by atoms with van der Waals surface area (Å²) in [6, 6.07) is 18.9. The third-order valence-corrected chi connectivity index (χ3v) is 4.89. The normalized spacial score (nSPS) is 15.4. The quantitative estimate of drug-likeness (QED) is 0.746. The maximum absolute atomic E-state index is 12.0. The Kier molecular flexibility index (Phi) is 4.33. The maximum atomic E-state index is 12.0. The average Bonchev–Trinajstić information content (AvgIpc) is 3.02. The molecule has 1 aliphatic rings. The van der Waals surface area contributed by atoms with Crippen LogP contribution in [0.5, 0.6) is 5.75 Å². The highest BCUT2D eigenvalue weighted by Crippen LogP contribution is 2.37. The van der Waals surface area contributed by atoms with Gasteiger partial charge in [0.15, 0.2) is 6.23 Å². The molecular weight excluding hydrogens is 342 g/mol. The molecule has 0 fully saturated rings. The highest BCUT2D eigenvalue weighted by atomic mass is 16.5. The van der Waals surface area contributed by atoms with Crippen molar-refractivity contribution in [2.45, 2.75) is 19.8 Å². The van der Waals surface area contributed by atoms with Gasteiger partial charge in [-0.1, -0.05) is 30.3 Å². The molecule has 0 aliphatic carbocycles. The molecule has 1 atom stereocenters. The number of anilines is 2. The molecule has 0 saturated carbocycles. The zero-order valence-electron chi connectivity index (χ0n) is 15.2. The predicted molar refractivity (Wildman–Crippen MR) is 105 cm³/mol. The first-order valence-corrected chi connectivity index (χ1v) is 8.76. The number of hydrogen-bond donors (Lipinski definition) is 2. The first-order valence-electron chi connectivity index (χ1n) is 8.76. The smallest absolute Gasteiger partial charge is 0.252 e. The second-order valence-corrected chi connectivity index (χ2v) is 6.58. The number of aliphatic hydroxyl groups excluding tert-OH is 1. The van der Waals surface area contributed by atoms with Gasteiger partial charge in [0.2, 0.25) is 0 Å². The molecule has 6 heteroatoms. The number of pyridine rings is 1. The lowest BCUT2D eigenvalue weighted by Crippen LogP contribution is -2.27. The van der Waals surface area contributed by atoms with Gasteiger partial charge in [0.05, 0.1) is 11.4 Å². The van der Waals surface area contributed by atoms with E-state index < -0.39 is 6.23 Å². The molecule has 3 aromatic rings. The van der Waals surface area contributed by atoms with Gasteiger partial charge in [-0.15, -0.1) is 0 Å². The summed E-state index contributed by atoms with van der Waals surface area (Å²) in [5, 5.41) is 12.4. The number of fused-ring (bicyclic) bond motifs is 1. The monoisotopic (exact) mass is 363 g/mol. The number of ether oxygens (including phenoxy) is 1. The van der Waals surface area contributed by atoms with Gasteiger partial charge in [0, 0.05) is 24.4 Å². The van der Waals surface area contributed by atoms with E-state index in [1.54, 1.807) is 12.1 Å². The van der Waals surface area contributed by atoms with Crippen molar-refractivity contribution < 1.29 is 9.84 Å². The Morgan fingerprint density at radius 2 is 1.81 bits per heavy atom. The molecule has 1 aliphatic heterocycles. The molecule has 1 unspecified atom stereocenters. The fourth-order valence-corrected chi connectivity index (χ4v) is 3.23. The summed E-state index contributed by atoms with van der Waals surface area (Å²) >= 11 is 0. The lowest BCUT2D eigenvalue weighted by atomic mass is 10.1. The van der Waals surface area contributed by atoms with Crippen molar-refractivity contribution in [2.24, 2.45) is 7.05 Å². The molecule has 0 spiro atoms. The fraction of sp³-hybridized carbons (Fsp3) is 0.190. The molecule has 2 N–H and O–H groups in total. The van der Waals surface area contributed by atoms with E-state index in [0.717, 1.165) is 22.7 Å². The van der Waals surface area contributed by atoms with Gasteiger partial charge in [0.25, 0.3) is 5.56 Å². The van der Waals surface area contributed by atoms with E-state index in [2.05, 4.69) is 5.43 Å². The molecule has 2 heterocycles. The van der Waals surface area contributed by atoms with Crippen LogP contribution in [0.1, 0.15) is 23.0 Å². The standard InChI is InChI=1S/C21H21N3O3/c1-14-20-18(12-19(25)23(14)2)22-24(21(20)26)16-8-10-17(11-9-16)27-13-15-6-4-3-5-7-15/h3-12,21-22,26H,13H2,1-2H3. The number of hydrogen-bond acceptors (Lipinski definition) is 5. The number of aromatic nitrogens is 1. The maximum Gasteiger partial charge on any atom is 0.252 e.